The van der Waals surface area contributed by atoms with Gasteiger partial charge < -0.3 is 5.32 Å². The Labute approximate surface area is 127 Å². The highest BCUT2D eigenvalue weighted by Crippen LogP contribution is 2.29. The number of hydrogen-bond donors (Lipinski definition) is 1. The van der Waals surface area contributed by atoms with Crippen molar-refractivity contribution in [3.05, 3.63) is 29.8 Å². The summed E-state index contributed by atoms with van der Waals surface area (Å²) >= 11 is 0. The summed E-state index contributed by atoms with van der Waals surface area (Å²) in [6.07, 6.45) is 5.96. The first-order valence-corrected chi connectivity index (χ1v) is 9.29. The van der Waals surface area contributed by atoms with E-state index >= 15 is 0 Å². The lowest BCUT2D eigenvalue weighted by atomic mass is 9.86. The number of nitrogens with one attached hydrogen (secondary N) is 1. The van der Waals surface area contributed by atoms with E-state index in [1.807, 2.05) is 18.2 Å². The van der Waals surface area contributed by atoms with E-state index in [0.29, 0.717) is 29.9 Å². The van der Waals surface area contributed by atoms with E-state index in [-0.39, 0.29) is 0 Å². The second-order valence-electron chi connectivity index (χ2n) is 6.35. The molecule has 0 atom stereocenters. The Kier molecular flexibility index (Phi) is 4.33. The Morgan fingerprint density at radius 3 is 2.52 bits per heavy atom. The Hall–Kier alpha value is -0.910. The van der Waals surface area contributed by atoms with Crippen molar-refractivity contribution in [3.8, 4) is 0 Å². The van der Waals surface area contributed by atoms with Crippen molar-refractivity contribution in [1.82, 2.24) is 9.62 Å². The quantitative estimate of drug-likeness (QED) is 0.841. The van der Waals surface area contributed by atoms with Gasteiger partial charge in [0, 0.05) is 26.2 Å². The summed E-state index contributed by atoms with van der Waals surface area (Å²) in [5.74, 6) is 0.543. The van der Waals surface area contributed by atoms with Crippen molar-refractivity contribution in [3.63, 3.8) is 0 Å². The second-order valence-corrected chi connectivity index (χ2v) is 8.36. The minimum absolute atomic E-state index is 0.458. The van der Waals surface area contributed by atoms with Crippen LogP contribution in [-0.2, 0) is 16.6 Å². The second kappa shape index (κ2) is 6.07. The van der Waals surface area contributed by atoms with Gasteiger partial charge in [-0.3, -0.25) is 0 Å². The maximum absolute atomic E-state index is 12.8. The van der Waals surface area contributed by atoms with Crippen LogP contribution in [0.15, 0.2) is 29.2 Å². The van der Waals surface area contributed by atoms with Crippen LogP contribution >= 0.6 is 0 Å². The van der Waals surface area contributed by atoms with E-state index in [0.717, 1.165) is 18.4 Å². The fourth-order valence-corrected chi connectivity index (χ4v) is 4.21. The molecule has 0 spiro atoms. The molecule has 0 aliphatic heterocycles. The van der Waals surface area contributed by atoms with Gasteiger partial charge in [0.2, 0.25) is 10.0 Å². The van der Waals surface area contributed by atoms with E-state index in [4.69, 9.17) is 0 Å². The van der Waals surface area contributed by atoms with Crippen LogP contribution in [0.4, 0.5) is 0 Å². The molecule has 0 bridgehead atoms. The van der Waals surface area contributed by atoms with Crippen molar-refractivity contribution < 1.29 is 8.42 Å². The third kappa shape index (κ3) is 3.47. The van der Waals surface area contributed by atoms with Crippen LogP contribution in [0.3, 0.4) is 0 Å². The summed E-state index contributed by atoms with van der Waals surface area (Å²) < 4.78 is 27.1. The van der Waals surface area contributed by atoms with Crippen LogP contribution in [0.25, 0.3) is 0 Å². The van der Waals surface area contributed by atoms with Crippen molar-refractivity contribution in [1.29, 1.82) is 0 Å². The minimum Gasteiger partial charge on any atom is -0.310 e. The molecule has 1 aromatic rings. The molecule has 2 aliphatic rings. The van der Waals surface area contributed by atoms with Gasteiger partial charge in [0.15, 0.2) is 0 Å². The van der Waals surface area contributed by atoms with E-state index in [1.165, 1.54) is 23.6 Å². The third-order valence-corrected chi connectivity index (χ3v) is 6.48. The molecule has 1 N–H and O–H groups in total. The summed E-state index contributed by atoms with van der Waals surface area (Å²) in [4.78, 5) is 0.458. The van der Waals surface area contributed by atoms with Gasteiger partial charge in [-0.1, -0.05) is 24.6 Å². The molecule has 116 valence electrons. The van der Waals surface area contributed by atoms with Crippen LogP contribution in [0.2, 0.25) is 0 Å². The molecule has 21 heavy (non-hydrogen) atoms. The maximum atomic E-state index is 12.8. The standard InChI is InChI=1S/C16H24N2O2S/c1-18(12-13-5-4-6-13)21(19,20)16-8-3-2-7-14(16)11-17-15-9-10-15/h2-3,7-8,13,15,17H,4-6,9-12H2,1H3. The lowest BCUT2D eigenvalue weighted by Crippen LogP contribution is -2.35. The molecule has 0 radical (unpaired) electrons. The van der Waals surface area contributed by atoms with Gasteiger partial charge in [-0.15, -0.1) is 0 Å². The molecule has 0 unspecified atom stereocenters. The zero-order chi connectivity index (χ0) is 14.9. The Bertz CT molecular complexity index is 592. The molecule has 0 amide bonds. The van der Waals surface area contributed by atoms with E-state index in [2.05, 4.69) is 5.32 Å². The minimum atomic E-state index is -3.38. The van der Waals surface area contributed by atoms with E-state index in [9.17, 15) is 8.42 Å². The topological polar surface area (TPSA) is 49.4 Å². The molecule has 0 saturated heterocycles. The Morgan fingerprint density at radius 1 is 1.19 bits per heavy atom. The summed E-state index contributed by atoms with van der Waals surface area (Å²) in [7, 11) is -1.67. The van der Waals surface area contributed by atoms with E-state index < -0.39 is 10.0 Å². The molecule has 4 nitrogen and oxygen atoms in total. The van der Waals surface area contributed by atoms with Gasteiger partial charge in [0.25, 0.3) is 0 Å². The normalized spacial score (nSPS) is 19.7. The highest BCUT2D eigenvalue weighted by Gasteiger charge is 2.28. The molecule has 2 saturated carbocycles. The van der Waals surface area contributed by atoms with Gasteiger partial charge in [0.05, 0.1) is 4.90 Å². The highest BCUT2D eigenvalue weighted by atomic mass is 32.2. The van der Waals surface area contributed by atoms with Crippen molar-refractivity contribution in [2.24, 2.45) is 5.92 Å². The average Bonchev–Trinajstić information content (AvgIpc) is 3.24. The predicted octanol–water partition coefficient (Wildman–Crippen LogP) is 2.36. The number of sulfonamides is 1. The fourth-order valence-electron chi connectivity index (χ4n) is 2.75. The van der Waals surface area contributed by atoms with Gasteiger partial charge in [-0.2, -0.15) is 0 Å². The van der Waals surface area contributed by atoms with E-state index in [1.54, 1.807) is 13.1 Å². The van der Waals surface area contributed by atoms with Crippen LogP contribution in [0, 0.1) is 5.92 Å². The monoisotopic (exact) mass is 308 g/mol. The molecule has 2 fully saturated rings. The average molecular weight is 308 g/mol. The summed E-state index contributed by atoms with van der Waals surface area (Å²) in [5, 5.41) is 3.40. The fraction of sp³-hybridized carbons (Fsp3) is 0.625. The number of nitrogens with zero attached hydrogens (tertiary/aromatic N) is 1. The van der Waals surface area contributed by atoms with Crippen molar-refractivity contribution >= 4 is 10.0 Å². The Balaban J connectivity index is 1.76. The first-order valence-electron chi connectivity index (χ1n) is 7.85. The lowest BCUT2D eigenvalue weighted by Gasteiger charge is -2.30. The lowest BCUT2D eigenvalue weighted by molar-refractivity contribution is 0.263. The molecule has 0 heterocycles. The van der Waals surface area contributed by atoms with Crippen molar-refractivity contribution in [2.45, 2.75) is 49.6 Å². The summed E-state index contributed by atoms with van der Waals surface area (Å²) in [6.45, 7) is 1.28. The first-order chi connectivity index (χ1) is 10.1. The summed E-state index contributed by atoms with van der Waals surface area (Å²) in [5.41, 5.74) is 0.879. The SMILES string of the molecule is CN(CC1CCC1)S(=O)(=O)c1ccccc1CNC1CC1. The molecule has 2 aliphatic carbocycles. The zero-order valence-electron chi connectivity index (χ0n) is 12.6. The molecule has 5 heteroatoms. The molecule has 3 rings (SSSR count). The van der Waals surface area contributed by atoms with Crippen molar-refractivity contribution in [2.75, 3.05) is 13.6 Å². The van der Waals surface area contributed by atoms with Gasteiger partial charge in [0.1, 0.15) is 0 Å². The molecule has 1 aromatic carbocycles. The molecular weight excluding hydrogens is 284 g/mol. The number of rotatable bonds is 7. The van der Waals surface area contributed by atoms with Crippen LogP contribution in [-0.4, -0.2) is 32.4 Å². The van der Waals surface area contributed by atoms with Gasteiger partial charge in [-0.25, -0.2) is 12.7 Å². The van der Waals surface area contributed by atoms with Gasteiger partial charge in [-0.05, 0) is 43.2 Å². The highest BCUT2D eigenvalue weighted by molar-refractivity contribution is 7.89. The first kappa shape index (κ1) is 15.0. The number of benzene rings is 1. The smallest absolute Gasteiger partial charge is 0.243 e. The maximum Gasteiger partial charge on any atom is 0.243 e. The van der Waals surface area contributed by atoms with Crippen LogP contribution in [0.1, 0.15) is 37.7 Å². The van der Waals surface area contributed by atoms with Crippen LogP contribution in [0.5, 0.6) is 0 Å². The summed E-state index contributed by atoms with van der Waals surface area (Å²) in [6, 6.07) is 7.95. The third-order valence-electron chi connectivity index (χ3n) is 4.56. The molecule has 0 aromatic heterocycles. The van der Waals surface area contributed by atoms with Crippen LogP contribution < -0.4 is 5.32 Å². The Morgan fingerprint density at radius 2 is 1.90 bits per heavy atom. The largest absolute Gasteiger partial charge is 0.310 e. The number of hydrogen-bond acceptors (Lipinski definition) is 3. The zero-order valence-corrected chi connectivity index (χ0v) is 13.4. The van der Waals surface area contributed by atoms with Gasteiger partial charge >= 0.3 is 0 Å². The predicted molar refractivity (Wildman–Crippen MR) is 83.5 cm³/mol. The molecular formula is C16H24N2O2S.